The third kappa shape index (κ3) is 3.20. The Kier molecular flexibility index (Phi) is 4.27. The first-order valence-corrected chi connectivity index (χ1v) is 11.8. The molecule has 146 valence electrons. The third-order valence-corrected chi connectivity index (χ3v) is 7.75. The Labute approximate surface area is 176 Å². The molecule has 0 saturated heterocycles. The minimum atomic E-state index is 0.210. The zero-order chi connectivity index (χ0) is 19.2. The molecule has 0 amide bonds. The van der Waals surface area contributed by atoms with Crippen molar-refractivity contribution in [2.24, 2.45) is 5.92 Å². The maximum Gasteiger partial charge on any atom is 0.183 e. The van der Waals surface area contributed by atoms with Crippen LogP contribution in [0.3, 0.4) is 0 Å². The Morgan fingerprint density at radius 2 is 1.97 bits per heavy atom. The van der Waals surface area contributed by atoms with Crippen LogP contribution in [0.2, 0.25) is 0 Å². The van der Waals surface area contributed by atoms with Gasteiger partial charge in [0.2, 0.25) is 0 Å². The number of anilines is 1. The normalized spacial score (nSPS) is 17.2. The fraction of sp³-hybridized carbons (Fsp3) is 0.381. The van der Waals surface area contributed by atoms with E-state index in [1.807, 2.05) is 17.5 Å². The number of aromatic nitrogens is 5. The Morgan fingerprint density at radius 3 is 2.76 bits per heavy atom. The monoisotopic (exact) mass is 420 g/mol. The van der Waals surface area contributed by atoms with Gasteiger partial charge in [-0.05, 0) is 50.0 Å². The van der Waals surface area contributed by atoms with Crippen LogP contribution >= 0.6 is 22.7 Å². The van der Waals surface area contributed by atoms with Gasteiger partial charge in [0.05, 0.1) is 17.6 Å². The predicted molar refractivity (Wildman–Crippen MR) is 116 cm³/mol. The Balaban J connectivity index is 1.51. The molecule has 0 bridgehead atoms. The molecule has 4 heterocycles. The molecule has 4 aromatic rings. The molecule has 0 unspecified atom stereocenters. The summed E-state index contributed by atoms with van der Waals surface area (Å²) in [5, 5.41) is 8.19. The van der Waals surface area contributed by atoms with E-state index in [1.54, 1.807) is 29.9 Å². The number of nitrogens with zero attached hydrogens (tertiary/aromatic N) is 5. The van der Waals surface area contributed by atoms with Gasteiger partial charge in [-0.2, -0.15) is 0 Å². The van der Waals surface area contributed by atoms with Crippen molar-refractivity contribution in [1.29, 1.82) is 0 Å². The van der Waals surface area contributed by atoms with Gasteiger partial charge in [-0.25, -0.2) is 19.9 Å². The molecule has 0 aliphatic heterocycles. The first-order chi connectivity index (χ1) is 14.4. The minimum absolute atomic E-state index is 0.210. The molecule has 1 fully saturated rings. The lowest BCUT2D eigenvalue weighted by molar-refractivity contribution is 0.670. The highest BCUT2D eigenvalue weighted by atomic mass is 32.1. The first kappa shape index (κ1) is 17.4. The van der Waals surface area contributed by atoms with Crippen LogP contribution in [0.25, 0.3) is 21.7 Å². The Bertz CT molecular complexity index is 1150. The molecule has 1 atom stereocenters. The third-order valence-electron chi connectivity index (χ3n) is 5.71. The summed E-state index contributed by atoms with van der Waals surface area (Å²) in [5.41, 5.74) is 2.15. The van der Waals surface area contributed by atoms with Crippen molar-refractivity contribution < 1.29 is 0 Å². The van der Waals surface area contributed by atoms with Gasteiger partial charge in [-0.15, -0.1) is 22.7 Å². The standard InChI is InChI=1S/C21H20N6S2/c1-2-4-15-13(3-1)16-19(25-17(12-5-6-12)21-24-9-10-28-21)26-18(27-20(16)29-15)14-11-22-7-8-23-14/h7-12,17H,1-6H2,(H,25,26,27)/t17-/m0/s1. The quantitative estimate of drug-likeness (QED) is 0.487. The molecule has 6 rings (SSSR count). The molecule has 2 aliphatic rings. The van der Waals surface area contributed by atoms with E-state index < -0.39 is 0 Å². The van der Waals surface area contributed by atoms with Gasteiger partial charge in [0.1, 0.15) is 21.3 Å². The van der Waals surface area contributed by atoms with E-state index in [-0.39, 0.29) is 6.04 Å². The summed E-state index contributed by atoms with van der Waals surface area (Å²) in [4.78, 5) is 25.6. The summed E-state index contributed by atoms with van der Waals surface area (Å²) in [5.74, 6) is 2.20. The smallest absolute Gasteiger partial charge is 0.183 e. The summed E-state index contributed by atoms with van der Waals surface area (Å²) in [6.07, 6.45) is 14.2. The minimum Gasteiger partial charge on any atom is -0.360 e. The fourth-order valence-corrected chi connectivity index (χ4v) is 6.18. The van der Waals surface area contributed by atoms with Crippen LogP contribution in [-0.2, 0) is 12.8 Å². The van der Waals surface area contributed by atoms with Gasteiger partial charge >= 0.3 is 0 Å². The SMILES string of the molecule is c1cnc(-c2nc(N[C@H](c3nccs3)C3CC3)c3c4c(sc3n2)CCCC4)cn1. The summed E-state index contributed by atoms with van der Waals surface area (Å²) in [6, 6.07) is 0.210. The number of hydrogen-bond acceptors (Lipinski definition) is 8. The van der Waals surface area contributed by atoms with Crippen molar-refractivity contribution in [3.05, 3.63) is 45.6 Å². The number of thiazole rings is 1. The van der Waals surface area contributed by atoms with Crippen molar-refractivity contribution in [2.75, 3.05) is 5.32 Å². The summed E-state index contributed by atoms with van der Waals surface area (Å²) in [7, 11) is 0. The fourth-order valence-electron chi connectivity index (χ4n) is 4.14. The second-order valence-electron chi connectivity index (χ2n) is 7.71. The van der Waals surface area contributed by atoms with Crippen molar-refractivity contribution in [3.63, 3.8) is 0 Å². The molecule has 0 radical (unpaired) electrons. The Hall–Kier alpha value is -2.45. The van der Waals surface area contributed by atoms with Crippen LogP contribution in [0.15, 0.2) is 30.2 Å². The second kappa shape index (κ2) is 7.11. The largest absolute Gasteiger partial charge is 0.360 e. The zero-order valence-corrected chi connectivity index (χ0v) is 17.5. The van der Waals surface area contributed by atoms with Gasteiger partial charge in [-0.1, -0.05) is 0 Å². The second-order valence-corrected chi connectivity index (χ2v) is 9.72. The zero-order valence-electron chi connectivity index (χ0n) is 15.8. The van der Waals surface area contributed by atoms with Crippen LogP contribution < -0.4 is 5.32 Å². The highest BCUT2D eigenvalue weighted by Gasteiger charge is 2.35. The van der Waals surface area contributed by atoms with E-state index >= 15 is 0 Å². The number of nitrogens with one attached hydrogen (secondary N) is 1. The molecular formula is C21H20N6S2. The van der Waals surface area contributed by atoms with E-state index in [0.29, 0.717) is 17.4 Å². The van der Waals surface area contributed by atoms with Crippen molar-refractivity contribution in [2.45, 2.75) is 44.6 Å². The van der Waals surface area contributed by atoms with E-state index in [4.69, 9.17) is 9.97 Å². The maximum atomic E-state index is 4.97. The van der Waals surface area contributed by atoms with Crippen molar-refractivity contribution in [3.8, 4) is 11.5 Å². The topological polar surface area (TPSA) is 76.5 Å². The molecule has 1 N–H and O–H groups in total. The van der Waals surface area contributed by atoms with Gasteiger partial charge < -0.3 is 5.32 Å². The lowest BCUT2D eigenvalue weighted by Gasteiger charge is -2.19. The molecule has 4 aromatic heterocycles. The molecule has 0 aromatic carbocycles. The average molecular weight is 421 g/mol. The predicted octanol–water partition coefficient (Wildman–Crippen LogP) is 5.05. The lowest BCUT2D eigenvalue weighted by atomic mass is 9.97. The molecule has 1 saturated carbocycles. The molecule has 2 aliphatic carbocycles. The van der Waals surface area contributed by atoms with E-state index in [1.165, 1.54) is 41.5 Å². The van der Waals surface area contributed by atoms with Gasteiger partial charge in [-0.3, -0.25) is 4.98 Å². The average Bonchev–Trinajstić information content (AvgIpc) is 3.32. The molecular weight excluding hydrogens is 400 g/mol. The Morgan fingerprint density at radius 1 is 1.03 bits per heavy atom. The van der Waals surface area contributed by atoms with Crippen LogP contribution in [-0.4, -0.2) is 24.9 Å². The van der Waals surface area contributed by atoms with Gasteiger partial charge in [0, 0.05) is 28.8 Å². The lowest BCUT2D eigenvalue weighted by Crippen LogP contribution is -2.15. The van der Waals surface area contributed by atoms with E-state index in [2.05, 4.69) is 25.6 Å². The number of rotatable bonds is 5. The van der Waals surface area contributed by atoms with E-state index in [0.717, 1.165) is 28.5 Å². The molecule has 8 heteroatoms. The summed E-state index contributed by atoms with van der Waals surface area (Å²) in [6.45, 7) is 0. The van der Waals surface area contributed by atoms with Crippen LogP contribution in [0, 0.1) is 5.92 Å². The highest BCUT2D eigenvalue weighted by molar-refractivity contribution is 7.19. The van der Waals surface area contributed by atoms with Crippen molar-refractivity contribution in [1.82, 2.24) is 24.9 Å². The molecule has 29 heavy (non-hydrogen) atoms. The number of fused-ring (bicyclic) bond motifs is 3. The van der Waals surface area contributed by atoms with Gasteiger partial charge in [0.25, 0.3) is 0 Å². The maximum absolute atomic E-state index is 4.97. The number of aryl methyl sites for hydroxylation is 2. The van der Waals surface area contributed by atoms with E-state index in [9.17, 15) is 0 Å². The highest BCUT2D eigenvalue weighted by Crippen LogP contribution is 2.46. The summed E-state index contributed by atoms with van der Waals surface area (Å²) < 4.78 is 0. The van der Waals surface area contributed by atoms with Crippen LogP contribution in [0.5, 0.6) is 0 Å². The summed E-state index contributed by atoms with van der Waals surface area (Å²) >= 11 is 3.54. The number of thiophene rings is 1. The van der Waals surface area contributed by atoms with Crippen molar-refractivity contribution >= 4 is 38.7 Å². The van der Waals surface area contributed by atoms with Crippen LogP contribution in [0.1, 0.15) is 47.2 Å². The molecule has 0 spiro atoms. The van der Waals surface area contributed by atoms with Gasteiger partial charge in [0.15, 0.2) is 5.82 Å². The van der Waals surface area contributed by atoms with Crippen LogP contribution in [0.4, 0.5) is 5.82 Å². The molecule has 6 nitrogen and oxygen atoms in total. The first-order valence-electron chi connectivity index (χ1n) is 10.1. The number of hydrogen-bond donors (Lipinski definition) is 1.